The molecule has 0 unspecified atom stereocenters. The van der Waals surface area contributed by atoms with Crippen LogP contribution in [0.5, 0.6) is 0 Å². The van der Waals surface area contributed by atoms with Gasteiger partial charge >= 0.3 is 0 Å². The normalized spacial score (nSPS) is 11.2. The summed E-state index contributed by atoms with van der Waals surface area (Å²) in [6.07, 6.45) is 4.91. The molecule has 0 saturated carbocycles. The minimum atomic E-state index is -0.286. The molecule has 0 bridgehead atoms. The maximum absolute atomic E-state index is 12.4. The number of rotatable bonds is 4. The molecule has 0 atom stereocenters. The largest absolute Gasteiger partial charge is 0.369 e. The number of nitrogens with zero attached hydrogens (tertiary/aromatic N) is 5. The van der Waals surface area contributed by atoms with Crippen LogP contribution in [0.1, 0.15) is 5.56 Å². The second-order valence-corrected chi connectivity index (χ2v) is 5.18. The minimum Gasteiger partial charge on any atom is -0.369 e. The van der Waals surface area contributed by atoms with Gasteiger partial charge in [0.25, 0.3) is 5.56 Å². The van der Waals surface area contributed by atoms with Gasteiger partial charge in [-0.3, -0.25) is 14.3 Å². The molecule has 116 valence electrons. The van der Waals surface area contributed by atoms with Crippen molar-refractivity contribution in [3.63, 3.8) is 0 Å². The zero-order chi connectivity index (χ0) is 16.4. The molecule has 3 rings (SSSR count). The van der Waals surface area contributed by atoms with Gasteiger partial charge in [0.1, 0.15) is 6.33 Å². The molecule has 0 spiro atoms. The maximum atomic E-state index is 12.4. The fourth-order valence-electron chi connectivity index (χ4n) is 2.12. The fourth-order valence-corrected chi connectivity index (χ4v) is 2.12. The lowest BCUT2D eigenvalue weighted by atomic mass is 10.2. The molecule has 0 aliphatic rings. The van der Waals surface area contributed by atoms with Crippen LogP contribution in [-0.4, -0.2) is 44.9 Å². The average Bonchev–Trinajstić information content (AvgIpc) is 2.97. The smallest absolute Gasteiger partial charge is 0.279 e. The van der Waals surface area contributed by atoms with Crippen molar-refractivity contribution in [3.05, 3.63) is 53.1 Å². The maximum Gasteiger partial charge on any atom is 0.279 e. The third-order valence-corrected chi connectivity index (χ3v) is 3.22. The lowest BCUT2D eigenvalue weighted by Gasteiger charge is -2.04. The van der Waals surface area contributed by atoms with Crippen LogP contribution in [0.3, 0.4) is 0 Å². The second kappa shape index (κ2) is 5.88. The number of aromatic amines is 1. The van der Waals surface area contributed by atoms with E-state index in [9.17, 15) is 4.79 Å². The van der Waals surface area contributed by atoms with E-state index >= 15 is 0 Å². The number of imidazole rings is 1. The Bertz CT molecular complexity index is 933. The second-order valence-electron chi connectivity index (χ2n) is 5.18. The van der Waals surface area contributed by atoms with E-state index in [0.29, 0.717) is 11.2 Å². The molecule has 2 heterocycles. The number of benzene rings is 1. The van der Waals surface area contributed by atoms with E-state index in [4.69, 9.17) is 0 Å². The number of fused-ring (bicyclic) bond motifs is 1. The van der Waals surface area contributed by atoms with Crippen LogP contribution in [0, 0.1) is 0 Å². The molecule has 2 aromatic heterocycles. The topological polar surface area (TPSA) is 79.2 Å². The van der Waals surface area contributed by atoms with E-state index in [0.717, 1.165) is 11.3 Å². The van der Waals surface area contributed by atoms with Crippen molar-refractivity contribution >= 4 is 29.5 Å². The van der Waals surface area contributed by atoms with Crippen LogP contribution in [0.2, 0.25) is 0 Å². The van der Waals surface area contributed by atoms with Gasteiger partial charge in [-0.15, -0.1) is 0 Å². The first kappa shape index (κ1) is 14.7. The van der Waals surface area contributed by atoms with Crippen LogP contribution in [0.25, 0.3) is 22.9 Å². The van der Waals surface area contributed by atoms with Crippen molar-refractivity contribution < 1.29 is 0 Å². The summed E-state index contributed by atoms with van der Waals surface area (Å²) in [6, 6.07) is 7.64. The van der Waals surface area contributed by atoms with Crippen molar-refractivity contribution in [3.8, 4) is 5.69 Å². The molecule has 0 fully saturated rings. The lowest BCUT2D eigenvalue weighted by molar-refractivity contribution is 0.642. The molecular formula is C16H16N6O. The molecule has 7 nitrogen and oxygen atoms in total. The van der Waals surface area contributed by atoms with Crippen molar-refractivity contribution in [1.82, 2.24) is 24.4 Å². The van der Waals surface area contributed by atoms with E-state index in [1.165, 1.54) is 0 Å². The van der Waals surface area contributed by atoms with Crippen LogP contribution < -0.4 is 5.56 Å². The monoisotopic (exact) mass is 308 g/mol. The zero-order valence-corrected chi connectivity index (χ0v) is 12.9. The zero-order valence-electron chi connectivity index (χ0n) is 12.9. The summed E-state index contributed by atoms with van der Waals surface area (Å²) >= 11 is 0. The number of aromatic nitrogens is 4. The van der Waals surface area contributed by atoms with Crippen molar-refractivity contribution in [1.29, 1.82) is 0 Å². The Kier molecular flexibility index (Phi) is 3.76. The van der Waals surface area contributed by atoms with Gasteiger partial charge in [0.2, 0.25) is 5.95 Å². The van der Waals surface area contributed by atoms with Gasteiger partial charge in [-0.2, -0.15) is 4.98 Å². The molecule has 0 radical (unpaired) electrons. The quantitative estimate of drug-likeness (QED) is 0.590. The van der Waals surface area contributed by atoms with Gasteiger partial charge in [0.05, 0.1) is 6.34 Å². The van der Waals surface area contributed by atoms with Crippen molar-refractivity contribution in [2.75, 3.05) is 14.1 Å². The Morgan fingerprint density at radius 1 is 1.30 bits per heavy atom. The first-order valence-corrected chi connectivity index (χ1v) is 6.99. The van der Waals surface area contributed by atoms with Gasteiger partial charge in [-0.05, 0) is 17.7 Å². The van der Waals surface area contributed by atoms with Gasteiger partial charge in [-0.1, -0.05) is 24.8 Å². The summed E-state index contributed by atoms with van der Waals surface area (Å²) in [5, 5.41) is 0. The molecule has 1 N–H and O–H groups in total. The van der Waals surface area contributed by atoms with E-state index in [1.54, 1.807) is 28.2 Å². The van der Waals surface area contributed by atoms with E-state index in [-0.39, 0.29) is 11.5 Å². The highest BCUT2D eigenvalue weighted by Crippen LogP contribution is 2.16. The fraction of sp³-hybridized carbons (Fsp3) is 0.125. The molecule has 0 saturated heterocycles. The highest BCUT2D eigenvalue weighted by atomic mass is 16.1. The Hall–Kier alpha value is -3.22. The number of hydrogen-bond donors (Lipinski definition) is 1. The molecular weight excluding hydrogens is 292 g/mol. The van der Waals surface area contributed by atoms with Crippen molar-refractivity contribution in [2.24, 2.45) is 4.99 Å². The third kappa shape index (κ3) is 2.89. The Labute approximate surface area is 132 Å². The Morgan fingerprint density at radius 3 is 2.70 bits per heavy atom. The van der Waals surface area contributed by atoms with E-state index in [1.807, 2.05) is 38.4 Å². The predicted octanol–water partition coefficient (Wildman–Crippen LogP) is 1.97. The standard InChI is InChI=1S/C16H16N6O/c1-4-11-5-7-12(8-6-11)22-10-17-14-13(22)15(23)20-16(19-14)18-9-21(2)3/h4-10H,1H2,2-3H3,(H,19,20,23)/b18-9+. The third-order valence-electron chi connectivity index (χ3n) is 3.22. The Balaban J connectivity index is 2.10. The molecule has 0 aliphatic heterocycles. The van der Waals surface area contributed by atoms with Crippen LogP contribution >= 0.6 is 0 Å². The molecule has 0 amide bonds. The average molecular weight is 308 g/mol. The molecule has 1 aromatic carbocycles. The van der Waals surface area contributed by atoms with Gasteiger partial charge < -0.3 is 4.90 Å². The number of nitrogens with one attached hydrogen (secondary N) is 1. The number of H-pyrrole nitrogens is 1. The van der Waals surface area contributed by atoms with E-state index < -0.39 is 0 Å². The van der Waals surface area contributed by atoms with Gasteiger partial charge in [-0.25, -0.2) is 9.98 Å². The SMILES string of the molecule is C=Cc1ccc(-n2cnc3nc(/N=C/N(C)C)[nH]c(=O)c32)cc1. The Morgan fingerprint density at radius 2 is 2.04 bits per heavy atom. The highest BCUT2D eigenvalue weighted by molar-refractivity contribution is 5.73. The van der Waals surface area contributed by atoms with Crippen LogP contribution in [-0.2, 0) is 0 Å². The van der Waals surface area contributed by atoms with Crippen LogP contribution in [0.4, 0.5) is 5.95 Å². The van der Waals surface area contributed by atoms with Gasteiger partial charge in [0, 0.05) is 19.8 Å². The number of aliphatic imine (C=N–C) groups is 1. The molecule has 0 aliphatic carbocycles. The molecule has 3 aromatic rings. The summed E-state index contributed by atoms with van der Waals surface area (Å²) in [5.74, 6) is 0.225. The molecule has 7 heteroatoms. The molecule has 23 heavy (non-hydrogen) atoms. The first-order valence-electron chi connectivity index (χ1n) is 6.99. The highest BCUT2D eigenvalue weighted by Gasteiger charge is 2.11. The predicted molar refractivity (Wildman–Crippen MR) is 91.4 cm³/mol. The summed E-state index contributed by atoms with van der Waals surface area (Å²) in [7, 11) is 3.67. The summed E-state index contributed by atoms with van der Waals surface area (Å²) in [5.41, 5.74) is 2.29. The number of hydrogen-bond acceptors (Lipinski definition) is 4. The van der Waals surface area contributed by atoms with Gasteiger partial charge in [0.15, 0.2) is 11.2 Å². The summed E-state index contributed by atoms with van der Waals surface area (Å²) < 4.78 is 1.70. The van der Waals surface area contributed by atoms with Crippen LogP contribution in [0.15, 0.2) is 47.0 Å². The lowest BCUT2D eigenvalue weighted by Crippen LogP contribution is -2.12. The van der Waals surface area contributed by atoms with Crippen molar-refractivity contribution in [2.45, 2.75) is 0 Å². The minimum absolute atomic E-state index is 0.225. The first-order chi connectivity index (χ1) is 11.1. The summed E-state index contributed by atoms with van der Waals surface area (Å²) in [6.45, 7) is 3.73. The summed E-state index contributed by atoms with van der Waals surface area (Å²) in [4.78, 5) is 29.3. The van der Waals surface area contributed by atoms with E-state index in [2.05, 4.69) is 26.5 Å².